The maximum atomic E-state index is 12.4. The summed E-state index contributed by atoms with van der Waals surface area (Å²) in [6.07, 6.45) is 1.62. The summed E-state index contributed by atoms with van der Waals surface area (Å²) >= 11 is 1.93. The molecule has 0 spiro atoms. The van der Waals surface area contributed by atoms with Gasteiger partial charge in [0.2, 0.25) is 5.91 Å². The molecule has 2 atom stereocenters. The molecule has 122 valence electrons. The molecule has 0 saturated carbocycles. The zero-order valence-electron chi connectivity index (χ0n) is 13.9. The minimum absolute atomic E-state index is 0.0923. The van der Waals surface area contributed by atoms with Gasteiger partial charge in [0.15, 0.2) is 0 Å². The Bertz CT molecular complexity index is 466. The first-order valence-corrected chi connectivity index (χ1v) is 9.45. The average molecular weight is 321 g/mol. The van der Waals surface area contributed by atoms with Gasteiger partial charge in [0, 0.05) is 30.5 Å². The first-order chi connectivity index (χ1) is 10.6. The van der Waals surface area contributed by atoms with Gasteiger partial charge in [-0.15, -0.1) is 0 Å². The summed E-state index contributed by atoms with van der Waals surface area (Å²) in [6.45, 7) is 7.49. The van der Waals surface area contributed by atoms with E-state index in [4.69, 9.17) is 0 Å². The van der Waals surface area contributed by atoms with Crippen molar-refractivity contribution in [3.05, 3.63) is 35.4 Å². The number of carbonyl (C=O) groups is 1. The molecule has 1 amide bonds. The Morgan fingerprint density at radius 1 is 1.36 bits per heavy atom. The molecule has 0 bridgehead atoms. The van der Waals surface area contributed by atoms with Crippen LogP contribution in [0.5, 0.6) is 0 Å². The Hall–Kier alpha value is -1.00. The van der Waals surface area contributed by atoms with Gasteiger partial charge in [-0.2, -0.15) is 11.8 Å². The normalized spacial score (nSPS) is 19.9. The van der Waals surface area contributed by atoms with E-state index in [1.165, 1.54) is 11.1 Å². The molecule has 2 unspecified atom stereocenters. The highest BCUT2D eigenvalue weighted by molar-refractivity contribution is 7.99. The zero-order chi connectivity index (χ0) is 15.9. The highest BCUT2D eigenvalue weighted by Crippen LogP contribution is 2.22. The molecule has 2 N–H and O–H groups in total. The summed E-state index contributed by atoms with van der Waals surface area (Å²) in [7, 11) is 0. The summed E-state index contributed by atoms with van der Waals surface area (Å²) in [5.41, 5.74) is 2.53. The number of hydrogen-bond donors (Lipinski definition) is 2. The van der Waals surface area contributed by atoms with E-state index in [9.17, 15) is 4.79 Å². The minimum Gasteiger partial charge on any atom is -0.349 e. The van der Waals surface area contributed by atoms with Crippen molar-refractivity contribution >= 4 is 17.7 Å². The number of carbonyl (C=O) groups excluding carboxylic acids is 1. The maximum absolute atomic E-state index is 12.4. The summed E-state index contributed by atoms with van der Waals surface area (Å²) in [6, 6.07) is 9.03. The summed E-state index contributed by atoms with van der Waals surface area (Å²) in [5.74, 6) is 2.71. The van der Waals surface area contributed by atoms with Crippen molar-refractivity contribution in [2.75, 3.05) is 18.1 Å². The molecule has 3 nitrogen and oxygen atoms in total. The van der Waals surface area contributed by atoms with Crippen LogP contribution >= 0.6 is 11.8 Å². The lowest BCUT2D eigenvalue weighted by Gasteiger charge is -2.26. The molecular formula is C18H28N2OS. The molecule has 1 aromatic rings. The van der Waals surface area contributed by atoms with Crippen molar-refractivity contribution < 1.29 is 4.79 Å². The fourth-order valence-electron chi connectivity index (χ4n) is 2.80. The third-order valence-electron chi connectivity index (χ3n) is 4.16. The van der Waals surface area contributed by atoms with Crippen molar-refractivity contribution in [3.8, 4) is 0 Å². The Kier molecular flexibility index (Phi) is 6.77. The SMILES string of the molecule is CCc1ccc(C(NC(=O)CC2CSCCN2)C(C)C)cc1. The fraction of sp³-hybridized carbons (Fsp3) is 0.611. The van der Waals surface area contributed by atoms with Crippen molar-refractivity contribution in [2.45, 2.75) is 45.7 Å². The summed E-state index contributed by atoms with van der Waals surface area (Å²) < 4.78 is 0. The van der Waals surface area contributed by atoms with E-state index in [1.54, 1.807) is 0 Å². The predicted molar refractivity (Wildman–Crippen MR) is 95.3 cm³/mol. The van der Waals surface area contributed by atoms with Crippen LogP contribution in [0.25, 0.3) is 0 Å². The molecular weight excluding hydrogens is 292 g/mol. The van der Waals surface area contributed by atoms with Crippen LogP contribution in [0.15, 0.2) is 24.3 Å². The first-order valence-electron chi connectivity index (χ1n) is 8.29. The third kappa shape index (κ3) is 5.03. The lowest BCUT2D eigenvalue weighted by atomic mass is 9.94. The minimum atomic E-state index is 0.0923. The Balaban J connectivity index is 1.96. The quantitative estimate of drug-likeness (QED) is 0.846. The molecule has 4 heteroatoms. The van der Waals surface area contributed by atoms with Crippen LogP contribution in [-0.4, -0.2) is 30.0 Å². The molecule has 1 saturated heterocycles. The fourth-order valence-corrected chi connectivity index (χ4v) is 3.75. The van der Waals surface area contributed by atoms with E-state index in [1.807, 2.05) is 11.8 Å². The van der Waals surface area contributed by atoms with Gasteiger partial charge in [-0.05, 0) is 23.5 Å². The van der Waals surface area contributed by atoms with E-state index >= 15 is 0 Å². The number of thioether (sulfide) groups is 1. The van der Waals surface area contributed by atoms with Crippen molar-refractivity contribution in [1.29, 1.82) is 0 Å². The Labute approximate surface area is 138 Å². The van der Waals surface area contributed by atoms with Crippen LogP contribution in [0.3, 0.4) is 0 Å². The number of rotatable bonds is 6. The molecule has 1 aromatic carbocycles. The number of benzene rings is 1. The van der Waals surface area contributed by atoms with E-state index in [0.717, 1.165) is 24.5 Å². The van der Waals surface area contributed by atoms with Crippen molar-refractivity contribution in [1.82, 2.24) is 10.6 Å². The summed E-state index contributed by atoms with van der Waals surface area (Å²) in [5, 5.41) is 6.65. The highest BCUT2D eigenvalue weighted by Gasteiger charge is 2.21. The van der Waals surface area contributed by atoms with E-state index in [-0.39, 0.29) is 11.9 Å². The van der Waals surface area contributed by atoms with Crippen LogP contribution in [0.1, 0.15) is 44.4 Å². The maximum Gasteiger partial charge on any atom is 0.222 e. The van der Waals surface area contributed by atoms with Gasteiger partial charge in [0.25, 0.3) is 0 Å². The molecule has 1 aliphatic heterocycles. The van der Waals surface area contributed by atoms with Crippen molar-refractivity contribution in [3.63, 3.8) is 0 Å². The van der Waals surface area contributed by atoms with Crippen LogP contribution in [0.4, 0.5) is 0 Å². The smallest absolute Gasteiger partial charge is 0.222 e. The highest BCUT2D eigenvalue weighted by atomic mass is 32.2. The Morgan fingerprint density at radius 3 is 2.64 bits per heavy atom. The monoisotopic (exact) mass is 320 g/mol. The predicted octanol–water partition coefficient (Wildman–Crippen LogP) is 3.16. The van der Waals surface area contributed by atoms with Gasteiger partial charge >= 0.3 is 0 Å². The second-order valence-corrected chi connectivity index (χ2v) is 7.46. The van der Waals surface area contributed by atoms with Crippen LogP contribution in [0.2, 0.25) is 0 Å². The van der Waals surface area contributed by atoms with E-state index in [0.29, 0.717) is 18.4 Å². The number of aryl methyl sites for hydroxylation is 1. The molecule has 1 heterocycles. The molecule has 1 aliphatic rings. The Morgan fingerprint density at radius 2 is 2.09 bits per heavy atom. The second-order valence-electron chi connectivity index (χ2n) is 6.31. The lowest BCUT2D eigenvalue weighted by molar-refractivity contribution is -0.122. The molecule has 22 heavy (non-hydrogen) atoms. The van der Waals surface area contributed by atoms with Gasteiger partial charge in [0.05, 0.1) is 6.04 Å². The van der Waals surface area contributed by atoms with E-state index < -0.39 is 0 Å². The largest absolute Gasteiger partial charge is 0.349 e. The standard InChI is InChI=1S/C18H28N2OS/c1-4-14-5-7-15(8-6-14)18(13(2)3)20-17(21)11-16-12-22-10-9-19-16/h5-8,13,16,18-19H,4,9-12H2,1-3H3,(H,20,21). The number of hydrogen-bond acceptors (Lipinski definition) is 3. The molecule has 2 rings (SSSR count). The van der Waals surface area contributed by atoms with Gasteiger partial charge in [0.1, 0.15) is 0 Å². The van der Waals surface area contributed by atoms with Gasteiger partial charge in [-0.1, -0.05) is 45.0 Å². The number of nitrogens with one attached hydrogen (secondary N) is 2. The third-order valence-corrected chi connectivity index (χ3v) is 5.29. The molecule has 0 radical (unpaired) electrons. The van der Waals surface area contributed by atoms with Crippen molar-refractivity contribution in [2.24, 2.45) is 5.92 Å². The zero-order valence-corrected chi connectivity index (χ0v) is 14.7. The summed E-state index contributed by atoms with van der Waals surface area (Å²) in [4.78, 5) is 12.4. The van der Waals surface area contributed by atoms with Crippen LogP contribution in [0, 0.1) is 5.92 Å². The van der Waals surface area contributed by atoms with Crippen LogP contribution in [-0.2, 0) is 11.2 Å². The van der Waals surface area contributed by atoms with Gasteiger partial charge < -0.3 is 10.6 Å². The second kappa shape index (κ2) is 8.59. The molecule has 0 aromatic heterocycles. The van der Waals surface area contributed by atoms with E-state index in [2.05, 4.69) is 55.7 Å². The molecule has 1 fully saturated rings. The topological polar surface area (TPSA) is 41.1 Å². The van der Waals surface area contributed by atoms with Crippen LogP contribution < -0.4 is 10.6 Å². The lowest BCUT2D eigenvalue weighted by Crippen LogP contribution is -2.42. The first kappa shape index (κ1) is 17.4. The molecule has 0 aliphatic carbocycles. The van der Waals surface area contributed by atoms with Gasteiger partial charge in [-0.3, -0.25) is 4.79 Å². The van der Waals surface area contributed by atoms with Gasteiger partial charge in [-0.25, -0.2) is 0 Å². The average Bonchev–Trinajstić information content (AvgIpc) is 2.53. The number of amides is 1.